The van der Waals surface area contributed by atoms with Gasteiger partial charge >= 0.3 is 0 Å². The minimum Gasteiger partial charge on any atom is -0.324 e. The summed E-state index contributed by atoms with van der Waals surface area (Å²) in [6.45, 7) is 7.52. The number of hydrogen-bond acceptors (Lipinski definition) is 4. The number of nitrogens with zero attached hydrogens (tertiary/aromatic N) is 1. The van der Waals surface area contributed by atoms with Gasteiger partial charge < -0.3 is 5.32 Å². The first-order valence-corrected chi connectivity index (χ1v) is 9.20. The fraction of sp³-hybridized carbons (Fsp3) is 0.500. The third-order valence-corrected chi connectivity index (χ3v) is 6.06. The van der Waals surface area contributed by atoms with E-state index in [0.29, 0.717) is 18.5 Å². The number of amides is 3. The molecule has 2 atom stereocenters. The van der Waals surface area contributed by atoms with E-state index >= 15 is 0 Å². The summed E-state index contributed by atoms with van der Waals surface area (Å²) in [5, 5.41) is 2.32. The Bertz CT molecular complexity index is 638. The summed E-state index contributed by atoms with van der Waals surface area (Å²) < 4.78 is 0. The van der Waals surface area contributed by atoms with E-state index in [1.807, 2.05) is 45.9 Å². The molecule has 1 aliphatic rings. The summed E-state index contributed by atoms with van der Waals surface area (Å²) in [7, 11) is 0. The Labute approximate surface area is 147 Å². The van der Waals surface area contributed by atoms with Crippen LogP contribution >= 0.6 is 11.8 Å². The maximum Gasteiger partial charge on any atom is 0.244 e. The molecule has 0 spiro atoms. The highest BCUT2D eigenvalue weighted by molar-refractivity contribution is 8.02. The third kappa shape index (κ3) is 3.80. The lowest BCUT2D eigenvalue weighted by Gasteiger charge is -2.34. The maximum atomic E-state index is 12.4. The number of nitrogens with one attached hydrogen (secondary N) is 1. The van der Waals surface area contributed by atoms with Gasteiger partial charge in [-0.1, -0.05) is 26.0 Å². The molecule has 2 rings (SSSR count). The smallest absolute Gasteiger partial charge is 0.244 e. The molecule has 0 radical (unpaired) electrons. The molecule has 6 heteroatoms. The summed E-state index contributed by atoms with van der Waals surface area (Å²) in [6.07, 6.45) is 1.31. The van der Waals surface area contributed by atoms with Gasteiger partial charge in [0, 0.05) is 5.69 Å². The second-order valence-electron chi connectivity index (χ2n) is 5.99. The lowest BCUT2D eigenvalue weighted by molar-refractivity contribution is -0.147. The van der Waals surface area contributed by atoms with Crippen LogP contribution in [-0.2, 0) is 14.4 Å². The van der Waals surface area contributed by atoms with E-state index in [0.717, 1.165) is 16.0 Å². The summed E-state index contributed by atoms with van der Waals surface area (Å²) in [5.74, 6) is -0.858. The molecule has 0 aliphatic carbocycles. The Kier molecular flexibility index (Phi) is 6.04. The molecule has 3 amide bonds. The van der Waals surface area contributed by atoms with E-state index in [4.69, 9.17) is 0 Å². The molecular formula is C18H24N2O3S. The zero-order valence-electron chi connectivity index (χ0n) is 14.6. The molecule has 1 saturated heterocycles. The van der Waals surface area contributed by atoms with E-state index in [-0.39, 0.29) is 34.8 Å². The van der Waals surface area contributed by atoms with E-state index in [1.54, 1.807) is 0 Å². The Morgan fingerprint density at radius 2 is 1.71 bits per heavy atom. The lowest BCUT2D eigenvalue weighted by Crippen LogP contribution is -2.53. The van der Waals surface area contributed by atoms with Crippen molar-refractivity contribution in [3.05, 3.63) is 29.3 Å². The molecule has 0 aromatic heterocycles. The average Bonchev–Trinajstić information content (AvgIpc) is 2.56. The number of carbonyl (C=O) groups excluding carboxylic acids is 3. The third-order valence-electron chi connectivity index (χ3n) is 4.33. The molecule has 1 fully saturated rings. The lowest BCUT2D eigenvalue weighted by atomic mass is 10.1. The Balaban J connectivity index is 2.12. The molecule has 1 aromatic carbocycles. The van der Waals surface area contributed by atoms with Crippen molar-refractivity contribution in [3.63, 3.8) is 0 Å². The molecule has 0 unspecified atom stereocenters. The topological polar surface area (TPSA) is 66.5 Å². The summed E-state index contributed by atoms with van der Waals surface area (Å²) >= 11 is 1.41. The Morgan fingerprint density at radius 3 is 2.25 bits per heavy atom. The second-order valence-corrected chi connectivity index (χ2v) is 7.40. The molecule has 5 nitrogen and oxygen atoms in total. The van der Waals surface area contributed by atoms with Crippen molar-refractivity contribution in [1.82, 2.24) is 4.90 Å². The SMILES string of the molecule is CC[C@H]1S[C@H](CC)C(=O)N(CC(=O)Nc2cccc(C)c2C)C1=O. The molecule has 0 saturated carbocycles. The van der Waals surface area contributed by atoms with Gasteiger partial charge in [0.1, 0.15) is 6.54 Å². The second kappa shape index (κ2) is 7.83. The zero-order chi connectivity index (χ0) is 17.9. The van der Waals surface area contributed by atoms with Gasteiger partial charge in [-0.25, -0.2) is 0 Å². The highest BCUT2D eigenvalue weighted by Gasteiger charge is 2.40. The van der Waals surface area contributed by atoms with Crippen LogP contribution in [0.3, 0.4) is 0 Å². The van der Waals surface area contributed by atoms with Crippen LogP contribution in [0.25, 0.3) is 0 Å². The number of imide groups is 1. The van der Waals surface area contributed by atoms with Crippen molar-refractivity contribution >= 4 is 35.2 Å². The standard InChI is InChI=1S/C18H24N2O3S/c1-5-14-17(22)20(18(23)15(6-2)24-14)10-16(21)19-13-9-7-8-11(3)12(13)4/h7-9,14-15H,5-6,10H2,1-4H3,(H,19,21)/t14-,15-/m1/s1. The van der Waals surface area contributed by atoms with E-state index in [2.05, 4.69) is 5.32 Å². The molecule has 1 aliphatic heterocycles. The van der Waals surface area contributed by atoms with Crippen molar-refractivity contribution in [2.45, 2.75) is 51.0 Å². The predicted octanol–water partition coefficient (Wildman–Crippen LogP) is 2.90. The first kappa shape index (κ1) is 18.5. The van der Waals surface area contributed by atoms with Crippen LogP contribution in [0.1, 0.15) is 37.8 Å². The van der Waals surface area contributed by atoms with Gasteiger partial charge in [-0.15, -0.1) is 11.8 Å². The number of benzene rings is 1. The molecular weight excluding hydrogens is 324 g/mol. The van der Waals surface area contributed by atoms with Crippen LogP contribution < -0.4 is 5.32 Å². The monoisotopic (exact) mass is 348 g/mol. The summed E-state index contributed by atoms with van der Waals surface area (Å²) in [6, 6.07) is 5.66. The predicted molar refractivity (Wildman–Crippen MR) is 97.0 cm³/mol. The van der Waals surface area contributed by atoms with E-state index < -0.39 is 0 Å². The number of carbonyl (C=O) groups is 3. The van der Waals surface area contributed by atoms with Gasteiger partial charge in [-0.2, -0.15) is 0 Å². The quantitative estimate of drug-likeness (QED) is 0.831. The Hall–Kier alpha value is -1.82. The summed E-state index contributed by atoms with van der Waals surface area (Å²) in [4.78, 5) is 38.4. The molecule has 1 heterocycles. The fourth-order valence-electron chi connectivity index (χ4n) is 2.69. The van der Waals surface area contributed by atoms with Crippen LogP contribution in [0, 0.1) is 13.8 Å². The highest BCUT2D eigenvalue weighted by atomic mass is 32.2. The number of hydrogen-bond donors (Lipinski definition) is 1. The fourth-order valence-corrected chi connectivity index (χ4v) is 3.96. The molecule has 1 aromatic rings. The van der Waals surface area contributed by atoms with Crippen molar-refractivity contribution < 1.29 is 14.4 Å². The van der Waals surface area contributed by atoms with Gasteiger partial charge in [-0.3, -0.25) is 19.3 Å². The van der Waals surface area contributed by atoms with Crippen LogP contribution in [0.15, 0.2) is 18.2 Å². The van der Waals surface area contributed by atoms with Gasteiger partial charge in [0.25, 0.3) is 0 Å². The van der Waals surface area contributed by atoms with Gasteiger partial charge in [0.2, 0.25) is 17.7 Å². The first-order chi connectivity index (χ1) is 11.4. The van der Waals surface area contributed by atoms with Crippen LogP contribution in [0.4, 0.5) is 5.69 Å². The normalized spacial score (nSPS) is 21.1. The van der Waals surface area contributed by atoms with Gasteiger partial charge in [-0.05, 0) is 43.9 Å². The van der Waals surface area contributed by atoms with Crippen molar-refractivity contribution in [1.29, 1.82) is 0 Å². The molecule has 24 heavy (non-hydrogen) atoms. The number of rotatable bonds is 5. The number of anilines is 1. The first-order valence-electron chi connectivity index (χ1n) is 8.25. The average molecular weight is 348 g/mol. The van der Waals surface area contributed by atoms with Gasteiger partial charge in [0.05, 0.1) is 10.5 Å². The largest absolute Gasteiger partial charge is 0.324 e. The maximum absolute atomic E-state index is 12.4. The summed E-state index contributed by atoms with van der Waals surface area (Å²) in [5.41, 5.74) is 2.77. The number of thioether (sulfide) groups is 1. The highest BCUT2D eigenvalue weighted by Crippen LogP contribution is 2.31. The zero-order valence-corrected chi connectivity index (χ0v) is 15.4. The molecule has 130 valence electrons. The minimum absolute atomic E-state index is 0.224. The molecule has 1 N–H and O–H groups in total. The van der Waals surface area contributed by atoms with Crippen LogP contribution in [-0.4, -0.2) is 39.7 Å². The number of aryl methyl sites for hydroxylation is 1. The van der Waals surface area contributed by atoms with Crippen LogP contribution in [0.5, 0.6) is 0 Å². The van der Waals surface area contributed by atoms with E-state index in [9.17, 15) is 14.4 Å². The van der Waals surface area contributed by atoms with Crippen molar-refractivity contribution in [2.24, 2.45) is 0 Å². The molecule has 0 bridgehead atoms. The Morgan fingerprint density at radius 1 is 1.12 bits per heavy atom. The van der Waals surface area contributed by atoms with Gasteiger partial charge in [0.15, 0.2) is 0 Å². The minimum atomic E-state index is -0.345. The van der Waals surface area contributed by atoms with E-state index in [1.165, 1.54) is 11.8 Å². The van der Waals surface area contributed by atoms with Crippen LogP contribution in [0.2, 0.25) is 0 Å². The van der Waals surface area contributed by atoms with Crippen molar-refractivity contribution in [2.75, 3.05) is 11.9 Å². The van der Waals surface area contributed by atoms with Crippen molar-refractivity contribution in [3.8, 4) is 0 Å².